The fraction of sp³-hybridized carbons (Fsp3) is 0.400. The smallest absolute Gasteiger partial charge is 0.328 e. The standard InChI is InChI=1S/C20H25N3O3S/c1-13(2)10-17(19(25)26-4)22-18(24)12-27-20-21-14(3)11-16(23-20)15-8-6-5-7-9-15/h5-9,11,13,17H,10,12H2,1-4H3,(H,22,24)/t17-/m0/s1. The summed E-state index contributed by atoms with van der Waals surface area (Å²) >= 11 is 1.25. The fourth-order valence-corrected chi connectivity index (χ4v) is 3.27. The van der Waals surface area contributed by atoms with Gasteiger partial charge >= 0.3 is 5.97 Å². The van der Waals surface area contributed by atoms with Gasteiger partial charge in [-0.2, -0.15) is 0 Å². The lowest BCUT2D eigenvalue weighted by atomic mass is 10.0. The molecule has 0 aliphatic rings. The van der Waals surface area contributed by atoms with Crippen LogP contribution >= 0.6 is 11.8 Å². The van der Waals surface area contributed by atoms with Gasteiger partial charge in [-0.15, -0.1) is 0 Å². The van der Waals surface area contributed by atoms with Crippen LogP contribution in [0.15, 0.2) is 41.6 Å². The zero-order chi connectivity index (χ0) is 19.8. The molecule has 1 aromatic heterocycles. The van der Waals surface area contributed by atoms with Crippen LogP contribution in [0.1, 0.15) is 26.0 Å². The Balaban J connectivity index is 2.02. The van der Waals surface area contributed by atoms with Crippen molar-refractivity contribution < 1.29 is 14.3 Å². The highest BCUT2D eigenvalue weighted by Crippen LogP contribution is 2.21. The minimum Gasteiger partial charge on any atom is -0.467 e. The molecule has 0 unspecified atom stereocenters. The molecular weight excluding hydrogens is 362 g/mol. The number of carbonyl (C=O) groups excluding carboxylic acids is 2. The first-order valence-corrected chi connectivity index (χ1v) is 9.78. The number of rotatable bonds is 8. The number of aryl methyl sites for hydroxylation is 1. The normalized spacial score (nSPS) is 11.9. The van der Waals surface area contributed by atoms with E-state index >= 15 is 0 Å². The third-order valence-corrected chi connectivity index (χ3v) is 4.61. The molecule has 1 heterocycles. The Bertz CT molecular complexity index is 781. The summed E-state index contributed by atoms with van der Waals surface area (Å²) in [6, 6.07) is 11.1. The van der Waals surface area contributed by atoms with Gasteiger partial charge in [0.25, 0.3) is 0 Å². The summed E-state index contributed by atoms with van der Waals surface area (Å²) in [6.45, 7) is 5.87. The molecule has 1 atom stereocenters. The van der Waals surface area contributed by atoms with E-state index in [2.05, 4.69) is 15.3 Å². The zero-order valence-corrected chi connectivity index (χ0v) is 16.9. The molecule has 0 radical (unpaired) electrons. The first-order chi connectivity index (χ1) is 12.9. The molecule has 6 nitrogen and oxygen atoms in total. The monoisotopic (exact) mass is 387 g/mol. The van der Waals surface area contributed by atoms with Crippen molar-refractivity contribution in [3.05, 3.63) is 42.1 Å². The van der Waals surface area contributed by atoms with Crippen LogP contribution in [0.5, 0.6) is 0 Å². The Kier molecular flexibility index (Phi) is 7.79. The minimum absolute atomic E-state index is 0.128. The number of ether oxygens (including phenoxy) is 1. The number of amides is 1. The van der Waals surface area contributed by atoms with Gasteiger partial charge in [0.15, 0.2) is 5.16 Å². The molecule has 144 valence electrons. The van der Waals surface area contributed by atoms with Crippen molar-refractivity contribution >= 4 is 23.6 Å². The highest BCUT2D eigenvalue weighted by molar-refractivity contribution is 7.99. The van der Waals surface area contributed by atoms with Gasteiger partial charge in [-0.3, -0.25) is 4.79 Å². The summed E-state index contributed by atoms with van der Waals surface area (Å²) in [5.74, 6) is -0.290. The molecule has 0 saturated heterocycles. The molecule has 0 bridgehead atoms. The molecular formula is C20H25N3O3S. The Hall–Kier alpha value is -2.41. The lowest BCUT2D eigenvalue weighted by molar-refractivity contribution is -0.145. The Morgan fingerprint density at radius 2 is 1.89 bits per heavy atom. The van der Waals surface area contributed by atoms with E-state index in [-0.39, 0.29) is 17.6 Å². The van der Waals surface area contributed by atoms with Gasteiger partial charge in [0, 0.05) is 11.3 Å². The van der Waals surface area contributed by atoms with Crippen molar-refractivity contribution in [1.82, 2.24) is 15.3 Å². The summed E-state index contributed by atoms with van der Waals surface area (Å²) in [4.78, 5) is 33.0. The predicted molar refractivity (Wildman–Crippen MR) is 106 cm³/mol. The van der Waals surface area contributed by atoms with Gasteiger partial charge in [0.2, 0.25) is 5.91 Å². The third kappa shape index (κ3) is 6.67. The SMILES string of the molecule is COC(=O)[C@H](CC(C)C)NC(=O)CSc1nc(C)cc(-c2ccccc2)n1. The largest absolute Gasteiger partial charge is 0.467 e. The van der Waals surface area contributed by atoms with Gasteiger partial charge in [0.05, 0.1) is 18.6 Å². The van der Waals surface area contributed by atoms with Crippen LogP contribution in [0.25, 0.3) is 11.3 Å². The first kappa shape index (κ1) is 20.9. The Labute approximate surface area is 164 Å². The van der Waals surface area contributed by atoms with Crippen molar-refractivity contribution in [3.63, 3.8) is 0 Å². The molecule has 0 fully saturated rings. The number of hydrogen-bond donors (Lipinski definition) is 1. The van der Waals surface area contributed by atoms with Crippen LogP contribution in [-0.2, 0) is 14.3 Å². The highest BCUT2D eigenvalue weighted by Gasteiger charge is 2.22. The molecule has 0 saturated carbocycles. The van der Waals surface area contributed by atoms with Gasteiger partial charge in [-0.05, 0) is 25.3 Å². The molecule has 0 aliphatic heterocycles. The molecule has 0 spiro atoms. The van der Waals surface area contributed by atoms with Gasteiger partial charge in [-0.25, -0.2) is 14.8 Å². The summed E-state index contributed by atoms with van der Waals surface area (Å²) in [5, 5.41) is 3.27. The fourth-order valence-electron chi connectivity index (χ4n) is 2.56. The second-order valence-electron chi connectivity index (χ2n) is 6.60. The lowest BCUT2D eigenvalue weighted by Gasteiger charge is -2.18. The molecule has 2 aromatic rings. The van der Waals surface area contributed by atoms with Gasteiger partial charge in [0.1, 0.15) is 6.04 Å². The molecule has 0 aliphatic carbocycles. The van der Waals surface area contributed by atoms with E-state index < -0.39 is 12.0 Å². The summed E-state index contributed by atoms with van der Waals surface area (Å²) in [7, 11) is 1.32. The Morgan fingerprint density at radius 3 is 2.52 bits per heavy atom. The number of nitrogens with zero attached hydrogens (tertiary/aromatic N) is 2. The van der Waals surface area contributed by atoms with Crippen LogP contribution in [0.4, 0.5) is 0 Å². The highest BCUT2D eigenvalue weighted by atomic mass is 32.2. The number of nitrogens with one attached hydrogen (secondary N) is 1. The van der Waals surface area contributed by atoms with Crippen LogP contribution in [-0.4, -0.2) is 40.7 Å². The number of aromatic nitrogens is 2. The van der Waals surface area contributed by atoms with E-state index in [1.165, 1.54) is 18.9 Å². The van der Waals surface area contributed by atoms with E-state index in [9.17, 15) is 9.59 Å². The second-order valence-corrected chi connectivity index (χ2v) is 7.55. The van der Waals surface area contributed by atoms with Crippen molar-refractivity contribution in [2.24, 2.45) is 5.92 Å². The van der Waals surface area contributed by atoms with Gasteiger partial charge < -0.3 is 10.1 Å². The summed E-state index contributed by atoms with van der Waals surface area (Å²) in [6.07, 6.45) is 0.530. The molecule has 27 heavy (non-hydrogen) atoms. The van der Waals surface area contributed by atoms with E-state index in [4.69, 9.17) is 4.74 Å². The van der Waals surface area contributed by atoms with Crippen LogP contribution in [0.2, 0.25) is 0 Å². The quantitative estimate of drug-likeness (QED) is 0.425. The number of methoxy groups -OCH3 is 1. The number of hydrogen-bond acceptors (Lipinski definition) is 6. The van der Waals surface area contributed by atoms with E-state index in [1.807, 2.05) is 57.2 Å². The average molecular weight is 388 g/mol. The van der Waals surface area contributed by atoms with Crippen molar-refractivity contribution in [2.45, 2.75) is 38.4 Å². The van der Waals surface area contributed by atoms with E-state index in [0.717, 1.165) is 17.0 Å². The van der Waals surface area contributed by atoms with Crippen LogP contribution in [0, 0.1) is 12.8 Å². The maximum absolute atomic E-state index is 12.3. The number of thioether (sulfide) groups is 1. The first-order valence-electron chi connectivity index (χ1n) is 8.80. The Morgan fingerprint density at radius 1 is 1.19 bits per heavy atom. The lowest BCUT2D eigenvalue weighted by Crippen LogP contribution is -2.43. The maximum atomic E-state index is 12.3. The van der Waals surface area contributed by atoms with Crippen molar-refractivity contribution in [3.8, 4) is 11.3 Å². The molecule has 1 aromatic carbocycles. The summed E-state index contributed by atoms with van der Waals surface area (Å²) in [5.41, 5.74) is 2.65. The summed E-state index contributed by atoms with van der Waals surface area (Å²) < 4.78 is 4.77. The molecule has 1 N–H and O–H groups in total. The van der Waals surface area contributed by atoms with Crippen LogP contribution < -0.4 is 5.32 Å². The minimum atomic E-state index is -0.638. The molecule has 1 amide bonds. The topological polar surface area (TPSA) is 81.2 Å². The number of carbonyl (C=O) groups is 2. The van der Waals surface area contributed by atoms with E-state index in [0.29, 0.717) is 11.6 Å². The van der Waals surface area contributed by atoms with Crippen LogP contribution in [0.3, 0.4) is 0 Å². The van der Waals surface area contributed by atoms with Crippen molar-refractivity contribution in [2.75, 3.05) is 12.9 Å². The second kappa shape index (κ2) is 10.1. The van der Waals surface area contributed by atoms with Gasteiger partial charge in [-0.1, -0.05) is 55.9 Å². The maximum Gasteiger partial charge on any atom is 0.328 e. The molecule has 2 rings (SSSR count). The molecule has 7 heteroatoms. The third-order valence-electron chi connectivity index (χ3n) is 3.76. The average Bonchev–Trinajstić information content (AvgIpc) is 2.65. The zero-order valence-electron chi connectivity index (χ0n) is 16.1. The number of benzene rings is 1. The van der Waals surface area contributed by atoms with Crippen molar-refractivity contribution in [1.29, 1.82) is 0 Å². The number of esters is 1. The predicted octanol–water partition coefficient (Wildman–Crippen LogP) is 3.25. The van der Waals surface area contributed by atoms with E-state index in [1.54, 1.807) is 0 Å².